The highest BCUT2D eigenvalue weighted by Crippen LogP contribution is 2.29. The molecule has 0 heterocycles. The van der Waals surface area contributed by atoms with Crippen molar-refractivity contribution in [3.63, 3.8) is 0 Å². The van der Waals surface area contributed by atoms with Gasteiger partial charge in [-0.1, -0.05) is 48.3 Å². The van der Waals surface area contributed by atoms with E-state index in [0.717, 1.165) is 12.0 Å². The van der Waals surface area contributed by atoms with Crippen molar-refractivity contribution in [3.05, 3.63) is 63.6 Å². The Morgan fingerprint density at radius 2 is 1.78 bits per heavy atom. The van der Waals surface area contributed by atoms with E-state index in [1.807, 2.05) is 19.1 Å². The van der Waals surface area contributed by atoms with E-state index < -0.39 is 18.5 Å². The molecule has 2 aromatic rings. The van der Waals surface area contributed by atoms with Gasteiger partial charge in [-0.25, -0.2) is 4.79 Å². The molecule has 120 valence electrons. The minimum Gasteiger partial charge on any atom is -0.452 e. The SMILES string of the molecule is CCc1ccc(C(=O)OCC(=O)Nc2cccc(Cl)c2Cl)cc1. The summed E-state index contributed by atoms with van der Waals surface area (Å²) in [5, 5.41) is 3.11. The van der Waals surface area contributed by atoms with E-state index in [4.69, 9.17) is 27.9 Å². The lowest BCUT2D eigenvalue weighted by molar-refractivity contribution is -0.119. The maximum atomic E-state index is 11.9. The average molecular weight is 352 g/mol. The molecule has 0 saturated heterocycles. The monoisotopic (exact) mass is 351 g/mol. The number of carbonyl (C=O) groups is 2. The molecule has 0 atom stereocenters. The lowest BCUT2D eigenvalue weighted by Gasteiger charge is -2.09. The molecule has 6 heteroatoms. The molecule has 0 aliphatic carbocycles. The molecule has 0 spiro atoms. The number of amides is 1. The van der Waals surface area contributed by atoms with E-state index in [2.05, 4.69) is 5.32 Å². The number of esters is 1. The molecule has 0 saturated carbocycles. The summed E-state index contributed by atoms with van der Waals surface area (Å²) >= 11 is 11.8. The molecule has 23 heavy (non-hydrogen) atoms. The van der Waals surface area contributed by atoms with Crippen LogP contribution < -0.4 is 5.32 Å². The van der Waals surface area contributed by atoms with E-state index in [1.54, 1.807) is 30.3 Å². The summed E-state index contributed by atoms with van der Waals surface area (Å²) in [6.45, 7) is 1.62. The van der Waals surface area contributed by atoms with E-state index >= 15 is 0 Å². The van der Waals surface area contributed by atoms with Crippen LogP contribution in [0.25, 0.3) is 0 Å². The summed E-state index contributed by atoms with van der Waals surface area (Å²) in [5.74, 6) is -1.05. The molecular weight excluding hydrogens is 337 g/mol. The fourth-order valence-corrected chi connectivity index (χ4v) is 2.23. The second kappa shape index (κ2) is 7.99. The number of hydrogen-bond donors (Lipinski definition) is 1. The standard InChI is InChI=1S/C17H15Cl2NO3/c1-2-11-6-8-12(9-7-11)17(22)23-10-15(21)20-14-5-3-4-13(18)16(14)19/h3-9H,2,10H2,1H3,(H,20,21). The maximum absolute atomic E-state index is 11.9. The fraction of sp³-hybridized carbons (Fsp3) is 0.176. The van der Waals surface area contributed by atoms with E-state index in [9.17, 15) is 9.59 Å². The van der Waals surface area contributed by atoms with Gasteiger partial charge in [-0.15, -0.1) is 0 Å². The quantitative estimate of drug-likeness (QED) is 0.814. The number of hydrogen-bond acceptors (Lipinski definition) is 3. The summed E-state index contributed by atoms with van der Waals surface area (Å²) in [6, 6.07) is 11.9. The van der Waals surface area contributed by atoms with Gasteiger partial charge in [0.05, 0.1) is 21.3 Å². The van der Waals surface area contributed by atoms with Gasteiger partial charge in [-0.2, -0.15) is 0 Å². The van der Waals surface area contributed by atoms with Gasteiger partial charge in [0.25, 0.3) is 5.91 Å². The molecule has 1 amide bonds. The number of ether oxygens (including phenoxy) is 1. The smallest absolute Gasteiger partial charge is 0.338 e. The van der Waals surface area contributed by atoms with Gasteiger partial charge < -0.3 is 10.1 Å². The molecule has 0 aliphatic heterocycles. The number of carbonyl (C=O) groups excluding carboxylic acids is 2. The Morgan fingerprint density at radius 3 is 2.43 bits per heavy atom. The predicted octanol–water partition coefficient (Wildman–Crippen LogP) is 4.35. The van der Waals surface area contributed by atoms with Gasteiger partial charge in [0.15, 0.2) is 6.61 Å². The summed E-state index contributed by atoms with van der Waals surface area (Å²) in [6.07, 6.45) is 0.887. The molecule has 2 rings (SSSR count). The van der Waals surface area contributed by atoms with Gasteiger partial charge in [0, 0.05) is 0 Å². The Labute approximate surface area is 144 Å². The molecule has 0 unspecified atom stereocenters. The number of rotatable bonds is 5. The van der Waals surface area contributed by atoms with Crippen LogP contribution in [0, 0.1) is 0 Å². The van der Waals surface area contributed by atoms with Crippen LogP contribution in [0.1, 0.15) is 22.8 Å². The summed E-state index contributed by atoms with van der Waals surface area (Å²) in [4.78, 5) is 23.7. The zero-order chi connectivity index (χ0) is 16.8. The van der Waals surface area contributed by atoms with Gasteiger partial charge in [-0.3, -0.25) is 4.79 Å². The molecule has 0 radical (unpaired) electrons. The first kappa shape index (κ1) is 17.3. The van der Waals surface area contributed by atoms with Crippen LogP contribution in [0.2, 0.25) is 10.0 Å². The van der Waals surface area contributed by atoms with Crippen molar-refractivity contribution in [1.82, 2.24) is 0 Å². The Bertz CT molecular complexity index is 714. The zero-order valence-corrected chi connectivity index (χ0v) is 13.9. The molecule has 2 aromatic carbocycles. The van der Waals surface area contributed by atoms with E-state index in [0.29, 0.717) is 16.3 Å². The van der Waals surface area contributed by atoms with Crippen LogP contribution >= 0.6 is 23.2 Å². The van der Waals surface area contributed by atoms with E-state index in [1.165, 1.54) is 0 Å². The van der Waals surface area contributed by atoms with Crippen LogP contribution in [-0.2, 0) is 16.0 Å². The van der Waals surface area contributed by atoms with Crippen LogP contribution in [0.4, 0.5) is 5.69 Å². The van der Waals surface area contributed by atoms with Crippen LogP contribution in [0.5, 0.6) is 0 Å². The van der Waals surface area contributed by atoms with Crippen molar-refractivity contribution >= 4 is 40.8 Å². The number of anilines is 1. The van der Waals surface area contributed by atoms with Crippen molar-refractivity contribution in [1.29, 1.82) is 0 Å². The third kappa shape index (κ3) is 4.71. The van der Waals surface area contributed by atoms with Crippen molar-refractivity contribution in [2.45, 2.75) is 13.3 Å². The number of benzene rings is 2. The van der Waals surface area contributed by atoms with Crippen molar-refractivity contribution in [2.75, 3.05) is 11.9 Å². The van der Waals surface area contributed by atoms with Gasteiger partial charge >= 0.3 is 5.97 Å². The number of aryl methyl sites for hydroxylation is 1. The molecule has 0 fully saturated rings. The molecule has 4 nitrogen and oxygen atoms in total. The Hall–Kier alpha value is -2.04. The topological polar surface area (TPSA) is 55.4 Å². The molecule has 0 aromatic heterocycles. The second-order valence-corrected chi connectivity index (χ2v) is 5.56. The zero-order valence-electron chi connectivity index (χ0n) is 12.4. The second-order valence-electron chi connectivity index (χ2n) is 4.78. The van der Waals surface area contributed by atoms with Gasteiger partial charge in [0.2, 0.25) is 0 Å². The molecule has 0 aliphatic rings. The fourth-order valence-electron chi connectivity index (χ4n) is 1.88. The van der Waals surface area contributed by atoms with Gasteiger partial charge in [0.1, 0.15) is 0 Å². The third-order valence-electron chi connectivity index (χ3n) is 3.16. The van der Waals surface area contributed by atoms with Crippen LogP contribution in [0.15, 0.2) is 42.5 Å². The lowest BCUT2D eigenvalue weighted by Crippen LogP contribution is -2.21. The minimum absolute atomic E-state index is 0.240. The molecular formula is C17H15Cl2NO3. The highest BCUT2D eigenvalue weighted by molar-refractivity contribution is 6.44. The first-order chi connectivity index (χ1) is 11.0. The molecule has 1 N–H and O–H groups in total. The maximum Gasteiger partial charge on any atom is 0.338 e. The third-order valence-corrected chi connectivity index (χ3v) is 3.98. The number of nitrogens with one attached hydrogen (secondary N) is 1. The van der Waals surface area contributed by atoms with Crippen LogP contribution in [0.3, 0.4) is 0 Å². The van der Waals surface area contributed by atoms with Crippen LogP contribution in [-0.4, -0.2) is 18.5 Å². The minimum atomic E-state index is -0.556. The van der Waals surface area contributed by atoms with Crippen molar-refractivity contribution < 1.29 is 14.3 Å². The largest absolute Gasteiger partial charge is 0.452 e. The Balaban J connectivity index is 1.90. The number of halogens is 2. The van der Waals surface area contributed by atoms with Crippen molar-refractivity contribution in [3.8, 4) is 0 Å². The average Bonchev–Trinajstić information content (AvgIpc) is 2.57. The predicted molar refractivity (Wildman–Crippen MR) is 91.2 cm³/mol. The first-order valence-electron chi connectivity index (χ1n) is 7.01. The van der Waals surface area contributed by atoms with Gasteiger partial charge in [-0.05, 0) is 36.2 Å². The Morgan fingerprint density at radius 1 is 1.09 bits per heavy atom. The lowest BCUT2D eigenvalue weighted by atomic mass is 10.1. The summed E-state index contributed by atoms with van der Waals surface area (Å²) < 4.78 is 4.98. The summed E-state index contributed by atoms with van der Waals surface area (Å²) in [7, 11) is 0. The first-order valence-corrected chi connectivity index (χ1v) is 7.76. The normalized spacial score (nSPS) is 10.2. The Kier molecular flexibility index (Phi) is 6.02. The highest BCUT2D eigenvalue weighted by atomic mass is 35.5. The van der Waals surface area contributed by atoms with E-state index in [-0.39, 0.29) is 5.02 Å². The summed E-state index contributed by atoms with van der Waals surface area (Å²) in [5.41, 5.74) is 1.89. The highest BCUT2D eigenvalue weighted by Gasteiger charge is 2.12. The van der Waals surface area contributed by atoms with Crippen molar-refractivity contribution in [2.24, 2.45) is 0 Å². The molecule has 0 bridgehead atoms.